The zero-order valence-corrected chi connectivity index (χ0v) is 24.8. The van der Waals surface area contributed by atoms with Crippen LogP contribution in [0.15, 0.2) is 41.1 Å². The molecule has 18 heteroatoms. The number of nitrogen functional groups attached to an aromatic ring is 1. The van der Waals surface area contributed by atoms with Gasteiger partial charge in [0, 0.05) is 35.9 Å². The number of nitrogens with one attached hydrogen (secondary N) is 2. The number of pyridine rings is 1. The minimum Gasteiger partial charge on any atom is -0.477 e. The number of nitrogens with two attached hydrogens (primary N) is 1. The molecule has 2 amide bonds. The molecule has 2 aliphatic heterocycles. The van der Waals surface area contributed by atoms with E-state index in [-0.39, 0.29) is 42.1 Å². The van der Waals surface area contributed by atoms with Crippen molar-refractivity contribution in [3.8, 4) is 0 Å². The summed E-state index contributed by atoms with van der Waals surface area (Å²) in [4.78, 5) is 53.5. The molecular formula is C25H31N10O6S2+. The number of fused-ring (bicyclic) bond motifs is 2. The van der Waals surface area contributed by atoms with E-state index in [2.05, 4.69) is 30.1 Å². The van der Waals surface area contributed by atoms with Crippen LogP contribution in [0.3, 0.4) is 0 Å². The van der Waals surface area contributed by atoms with Crippen LogP contribution in [0.25, 0.3) is 11.2 Å². The zero-order valence-electron chi connectivity index (χ0n) is 23.2. The van der Waals surface area contributed by atoms with E-state index in [1.165, 1.54) is 16.7 Å². The number of amides is 2. The number of imidazole rings is 1. The van der Waals surface area contributed by atoms with Crippen molar-refractivity contribution in [2.45, 2.75) is 37.8 Å². The summed E-state index contributed by atoms with van der Waals surface area (Å²) in [6.45, 7) is 4.20. The quantitative estimate of drug-likeness (QED) is 0.0472. The summed E-state index contributed by atoms with van der Waals surface area (Å²) in [5.41, 5.74) is 7.44. The number of aryl methyl sites for hydroxylation is 1. The molecule has 6 N–H and O–H groups in total. The van der Waals surface area contributed by atoms with E-state index in [9.17, 15) is 19.5 Å². The lowest BCUT2D eigenvalue weighted by molar-refractivity contribution is -0.664. The van der Waals surface area contributed by atoms with Crippen molar-refractivity contribution in [3.63, 3.8) is 0 Å². The normalized spacial score (nSPS) is 18.5. The number of carboxylic acid groups (broad SMARTS) is 1. The van der Waals surface area contributed by atoms with Crippen LogP contribution in [-0.4, -0.2) is 101 Å². The number of aliphatic carboxylic acids is 1. The van der Waals surface area contributed by atoms with Gasteiger partial charge >= 0.3 is 11.6 Å². The average Bonchev–Trinajstić information content (AvgIpc) is 3.62. The standard InChI is InChI=1S/C25H30N10O6S2/c1-2-41-31-16(19-30-25(26)43-32-19)21(37)29-17-22(38)35-18(24(39)40)14(12-42-23(17)35)11-33-8-3-5-15-20(33)28-13-34(15)9-4-6-27-7-10-36/h3,5,8,13,17,23,27,36H,2,4,6-7,9-12H2,1H3,(H3-,26,29,30,32,37,39,40)/p+1/b31-16-. The first-order chi connectivity index (χ1) is 20.8. The molecular weight excluding hydrogens is 600 g/mol. The lowest BCUT2D eigenvalue weighted by atomic mass is 10.0. The molecule has 3 aromatic heterocycles. The predicted molar refractivity (Wildman–Crippen MR) is 157 cm³/mol. The predicted octanol–water partition coefficient (Wildman–Crippen LogP) is -1.09. The molecule has 0 saturated carbocycles. The van der Waals surface area contributed by atoms with Crippen LogP contribution in [0, 0.1) is 0 Å². The van der Waals surface area contributed by atoms with Crippen LogP contribution in [-0.2, 0) is 32.3 Å². The highest BCUT2D eigenvalue weighted by molar-refractivity contribution is 8.00. The molecule has 0 radical (unpaired) electrons. The maximum Gasteiger partial charge on any atom is 0.352 e. The van der Waals surface area contributed by atoms with Gasteiger partial charge in [0.25, 0.3) is 11.8 Å². The van der Waals surface area contributed by atoms with Crippen LogP contribution in [0.5, 0.6) is 0 Å². The number of carbonyl (C=O) groups is 3. The van der Waals surface area contributed by atoms with Gasteiger partial charge in [0.05, 0.1) is 12.8 Å². The Kier molecular flexibility index (Phi) is 9.49. The Hall–Kier alpha value is -4.13. The van der Waals surface area contributed by atoms with Crippen LogP contribution in [0.1, 0.15) is 19.2 Å². The number of β-lactam (4-membered cyclic amide) rings is 1. The van der Waals surface area contributed by atoms with Gasteiger partial charge in [-0.25, -0.2) is 9.36 Å². The number of anilines is 1. The first kappa shape index (κ1) is 30.3. The molecule has 2 aliphatic rings. The largest absolute Gasteiger partial charge is 0.477 e. The molecule has 5 heterocycles. The van der Waals surface area contributed by atoms with Crippen LogP contribution >= 0.6 is 23.3 Å². The van der Waals surface area contributed by atoms with Gasteiger partial charge in [0.1, 0.15) is 35.8 Å². The molecule has 2 atom stereocenters. The van der Waals surface area contributed by atoms with E-state index in [1.807, 2.05) is 27.5 Å². The Morgan fingerprint density at radius 1 is 1.35 bits per heavy atom. The molecule has 16 nitrogen and oxygen atoms in total. The van der Waals surface area contributed by atoms with Crippen molar-refractivity contribution >= 4 is 63.1 Å². The third-order valence-corrected chi connectivity index (χ3v) is 8.62. The number of hydrogen-bond donors (Lipinski definition) is 5. The third-order valence-electron chi connectivity index (χ3n) is 6.74. The van der Waals surface area contributed by atoms with Crippen molar-refractivity contribution in [1.29, 1.82) is 0 Å². The molecule has 1 saturated heterocycles. The Labute approximate surface area is 253 Å². The van der Waals surface area contributed by atoms with Crippen molar-refractivity contribution in [2.24, 2.45) is 5.16 Å². The molecule has 1 fully saturated rings. The maximum absolute atomic E-state index is 13.2. The third kappa shape index (κ3) is 6.31. The summed E-state index contributed by atoms with van der Waals surface area (Å²) in [6.07, 6.45) is 4.41. The highest BCUT2D eigenvalue weighted by Gasteiger charge is 2.54. The van der Waals surface area contributed by atoms with Gasteiger partial charge in [0.15, 0.2) is 5.13 Å². The summed E-state index contributed by atoms with van der Waals surface area (Å²) >= 11 is 2.24. The van der Waals surface area contributed by atoms with Gasteiger partial charge in [-0.1, -0.05) is 5.16 Å². The van der Waals surface area contributed by atoms with Gasteiger partial charge in [0.2, 0.25) is 17.9 Å². The number of aliphatic hydroxyl groups is 1. The summed E-state index contributed by atoms with van der Waals surface area (Å²) in [5.74, 6) is -2.22. The van der Waals surface area contributed by atoms with Gasteiger partial charge < -0.3 is 36.0 Å². The van der Waals surface area contributed by atoms with Crippen LogP contribution in [0.4, 0.5) is 5.13 Å². The second-order valence-corrected chi connectivity index (χ2v) is 11.4. The van der Waals surface area contributed by atoms with E-state index in [4.69, 9.17) is 15.7 Å². The Morgan fingerprint density at radius 2 is 2.19 bits per heavy atom. The topological polar surface area (TPSA) is 214 Å². The molecule has 43 heavy (non-hydrogen) atoms. The molecule has 0 spiro atoms. The Balaban J connectivity index is 1.32. The number of rotatable bonds is 14. The van der Waals surface area contributed by atoms with E-state index in [1.54, 1.807) is 13.3 Å². The van der Waals surface area contributed by atoms with Crippen LogP contribution < -0.4 is 20.9 Å². The summed E-state index contributed by atoms with van der Waals surface area (Å²) < 4.78 is 7.89. The number of carbonyl (C=O) groups excluding carboxylic acids is 2. The molecule has 3 aromatic rings. The summed E-state index contributed by atoms with van der Waals surface area (Å²) in [5, 5.41) is 28.2. The van der Waals surface area contributed by atoms with Gasteiger partial charge in [-0.05, 0) is 37.0 Å². The number of carboxylic acids is 1. The SMILES string of the molecule is CCO/N=C(\C(=O)NC1C(=O)N2C(C(=O)O)=C(C[n+]3cccc4c3ncn4CCCNCCO)CSC12)c1nsc(N)n1. The van der Waals surface area contributed by atoms with Gasteiger partial charge in [-0.2, -0.15) is 9.36 Å². The fraction of sp³-hybridized carbons (Fsp3) is 0.440. The first-order valence-electron chi connectivity index (χ1n) is 13.5. The Bertz CT molecular complexity index is 1590. The fourth-order valence-corrected chi connectivity index (χ4v) is 6.60. The smallest absolute Gasteiger partial charge is 0.352 e. The fourth-order valence-electron chi connectivity index (χ4n) is 4.83. The molecule has 2 unspecified atom stereocenters. The second kappa shape index (κ2) is 13.4. The van der Waals surface area contributed by atoms with Crippen molar-refractivity contribution in [1.82, 2.24) is 34.4 Å². The molecule has 0 aromatic carbocycles. The van der Waals surface area contributed by atoms with Gasteiger partial charge in [-0.15, -0.1) is 11.8 Å². The van der Waals surface area contributed by atoms with E-state index >= 15 is 0 Å². The minimum absolute atomic E-state index is 0.0335. The molecule has 228 valence electrons. The highest BCUT2D eigenvalue weighted by atomic mass is 32.2. The monoisotopic (exact) mass is 631 g/mol. The molecule has 0 aliphatic carbocycles. The van der Waals surface area contributed by atoms with E-state index < -0.39 is 29.2 Å². The summed E-state index contributed by atoms with van der Waals surface area (Å²) in [7, 11) is 0. The van der Waals surface area contributed by atoms with Crippen LogP contribution in [0.2, 0.25) is 0 Å². The number of hydrogen-bond acceptors (Lipinski definition) is 13. The van der Waals surface area contributed by atoms with E-state index in [0.717, 1.165) is 36.6 Å². The van der Waals surface area contributed by atoms with Crippen molar-refractivity contribution in [3.05, 3.63) is 41.8 Å². The summed E-state index contributed by atoms with van der Waals surface area (Å²) in [6, 6.07) is 2.84. The number of aromatic nitrogens is 5. The van der Waals surface area contributed by atoms with Crippen molar-refractivity contribution in [2.75, 3.05) is 37.8 Å². The lowest BCUT2D eigenvalue weighted by Gasteiger charge is -2.49. The number of aliphatic hydroxyl groups excluding tert-OH is 1. The zero-order chi connectivity index (χ0) is 30.5. The average molecular weight is 632 g/mol. The Morgan fingerprint density at radius 3 is 2.91 bits per heavy atom. The number of thioether (sulfide) groups is 1. The first-order valence-corrected chi connectivity index (χ1v) is 15.3. The van der Waals surface area contributed by atoms with Gasteiger partial charge in [-0.3, -0.25) is 14.5 Å². The molecule has 0 bridgehead atoms. The van der Waals surface area contributed by atoms with Crippen molar-refractivity contribution < 1.29 is 34.0 Å². The number of nitrogens with zero attached hydrogens (tertiary/aromatic N) is 7. The second-order valence-electron chi connectivity index (χ2n) is 9.54. The highest BCUT2D eigenvalue weighted by Crippen LogP contribution is 2.40. The number of oxime groups is 1. The minimum atomic E-state index is -1.23. The maximum atomic E-state index is 13.2. The van der Waals surface area contributed by atoms with E-state index in [0.29, 0.717) is 23.5 Å². The lowest BCUT2D eigenvalue weighted by Crippen LogP contribution is -2.71. The molecule has 5 rings (SSSR count).